The van der Waals surface area contributed by atoms with E-state index >= 15 is 0 Å². The van der Waals surface area contributed by atoms with Crippen LogP contribution in [0.3, 0.4) is 0 Å². The van der Waals surface area contributed by atoms with E-state index in [1.54, 1.807) is 16.2 Å². The molecule has 1 amide bonds. The van der Waals surface area contributed by atoms with E-state index < -0.39 is 0 Å². The maximum absolute atomic E-state index is 12.1. The molecular formula is C15H21Cl2N3OS. The number of hydrogen-bond acceptors (Lipinski definition) is 4. The van der Waals surface area contributed by atoms with E-state index in [1.807, 2.05) is 43.6 Å². The summed E-state index contributed by atoms with van der Waals surface area (Å²) >= 11 is 1.60. The first kappa shape index (κ1) is 20.7. The quantitative estimate of drug-likeness (QED) is 0.829. The Balaban J connectivity index is 0.00000220. The van der Waals surface area contributed by atoms with Crippen molar-refractivity contribution < 1.29 is 4.79 Å². The van der Waals surface area contributed by atoms with Gasteiger partial charge in [0.2, 0.25) is 5.91 Å². The number of benzene rings is 1. The molecule has 22 heavy (non-hydrogen) atoms. The summed E-state index contributed by atoms with van der Waals surface area (Å²) in [5.74, 6) is 0.110. The van der Waals surface area contributed by atoms with Crippen molar-refractivity contribution in [3.63, 3.8) is 0 Å². The standard InChI is InChI=1S/C15H19N3OS.2ClH/c1-11-17-13(10-20-11)9-18(2)15(19)8-7-12-5-3-4-6-14(12)16;;/h3-6,10H,7-9,16H2,1-2H3;2*1H. The molecule has 0 saturated heterocycles. The van der Waals surface area contributed by atoms with Gasteiger partial charge in [-0.15, -0.1) is 36.2 Å². The molecule has 0 saturated carbocycles. The molecular weight excluding hydrogens is 341 g/mol. The van der Waals surface area contributed by atoms with Crippen LogP contribution in [0.1, 0.15) is 22.7 Å². The number of para-hydroxylation sites is 1. The molecule has 2 rings (SSSR count). The van der Waals surface area contributed by atoms with Crippen molar-refractivity contribution in [3.8, 4) is 0 Å². The minimum Gasteiger partial charge on any atom is -0.399 e. The van der Waals surface area contributed by atoms with Gasteiger partial charge in [-0.25, -0.2) is 4.98 Å². The molecule has 0 radical (unpaired) electrons. The lowest BCUT2D eigenvalue weighted by molar-refractivity contribution is -0.130. The predicted octanol–water partition coefficient (Wildman–Crippen LogP) is 3.47. The number of hydrogen-bond donors (Lipinski definition) is 1. The summed E-state index contributed by atoms with van der Waals surface area (Å²) in [6, 6.07) is 7.67. The highest BCUT2D eigenvalue weighted by Gasteiger charge is 2.11. The lowest BCUT2D eigenvalue weighted by Crippen LogP contribution is -2.26. The van der Waals surface area contributed by atoms with Crippen molar-refractivity contribution in [1.29, 1.82) is 0 Å². The number of thiazole rings is 1. The molecule has 1 heterocycles. The fourth-order valence-electron chi connectivity index (χ4n) is 2.01. The Morgan fingerprint density at radius 1 is 1.32 bits per heavy atom. The Morgan fingerprint density at radius 2 is 2.00 bits per heavy atom. The van der Waals surface area contributed by atoms with Crippen LogP contribution >= 0.6 is 36.2 Å². The fraction of sp³-hybridized carbons (Fsp3) is 0.333. The third kappa shape index (κ3) is 5.83. The average Bonchev–Trinajstić information content (AvgIpc) is 2.82. The van der Waals surface area contributed by atoms with Crippen LogP contribution in [0.15, 0.2) is 29.6 Å². The van der Waals surface area contributed by atoms with Crippen molar-refractivity contribution >= 4 is 47.7 Å². The molecule has 1 aromatic heterocycles. The number of aryl methyl sites for hydroxylation is 2. The van der Waals surface area contributed by atoms with E-state index in [-0.39, 0.29) is 30.7 Å². The highest BCUT2D eigenvalue weighted by molar-refractivity contribution is 7.09. The second-order valence-electron chi connectivity index (χ2n) is 4.81. The number of anilines is 1. The summed E-state index contributed by atoms with van der Waals surface area (Å²) in [5.41, 5.74) is 8.60. The van der Waals surface area contributed by atoms with Crippen LogP contribution in [0.2, 0.25) is 0 Å². The molecule has 1 aromatic carbocycles. The van der Waals surface area contributed by atoms with Gasteiger partial charge in [-0.2, -0.15) is 0 Å². The van der Waals surface area contributed by atoms with Crippen LogP contribution < -0.4 is 5.73 Å². The van der Waals surface area contributed by atoms with Gasteiger partial charge in [0.1, 0.15) is 0 Å². The van der Waals surface area contributed by atoms with E-state index in [9.17, 15) is 4.79 Å². The van der Waals surface area contributed by atoms with Gasteiger partial charge in [0.25, 0.3) is 0 Å². The molecule has 4 nitrogen and oxygen atoms in total. The SMILES string of the molecule is Cc1nc(CN(C)C(=O)CCc2ccccc2N)cs1.Cl.Cl. The van der Waals surface area contributed by atoms with Crippen LogP contribution in [-0.4, -0.2) is 22.8 Å². The van der Waals surface area contributed by atoms with E-state index in [0.717, 1.165) is 22.0 Å². The first-order valence-electron chi connectivity index (χ1n) is 6.54. The Kier molecular flexibility index (Phi) is 9.09. The van der Waals surface area contributed by atoms with Crippen molar-refractivity contribution in [2.24, 2.45) is 0 Å². The molecule has 0 aliphatic rings. The number of amides is 1. The normalized spacial score (nSPS) is 9.55. The molecule has 0 aliphatic carbocycles. The summed E-state index contributed by atoms with van der Waals surface area (Å²) < 4.78 is 0. The van der Waals surface area contributed by atoms with E-state index in [2.05, 4.69) is 4.98 Å². The number of rotatable bonds is 5. The molecule has 0 bridgehead atoms. The van der Waals surface area contributed by atoms with E-state index in [1.165, 1.54) is 0 Å². The number of aromatic nitrogens is 1. The zero-order chi connectivity index (χ0) is 14.5. The third-order valence-corrected chi connectivity index (χ3v) is 3.98. The predicted molar refractivity (Wildman–Crippen MR) is 97.0 cm³/mol. The van der Waals surface area contributed by atoms with Crippen molar-refractivity contribution in [3.05, 3.63) is 45.9 Å². The highest BCUT2D eigenvalue weighted by atomic mass is 35.5. The fourth-order valence-corrected chi connectivity index (χ4v) is 2.61. The maximum atomic E-state index is 12.1. The summed E-state index contributed by atoms with van der Waals surface area (Å²) in [4.78, 5) is 18.2. The van der Waals surface area contributed by atoms with Gasteiger partial charge in [-0.05, 0) is 25.0 Å². The Morgan fingerprint density at radius 3 is 2.59 bits per heavy atom. The molecule has 2 aromatic rings. The molecule has 0 fully saturated rings. The molecule has 0 spiro atoms. The van der Waals surface area contributed by atoms with Crippen LogP contribution in [0, 0.1) is 6.92 Å². The summed E-state index contributed by atoms with van der Waals surface area (Å²) in [6.07, 6.45) is 1.14. The first-order valence-corrected chi connectivity index (χ1v) is 7.42. The van der Waals surface area contributed by atoms with Gasteiger partial charge in [0.15, 0.2) is 0 Å². The Bertz CT molecular complexity index is 604. The average molecular weight is 362 g/mol. The number of nitrogen functional groups attached to an aromatic ring is 1. The number of carbonyl (C=O) groups is 1. The smallest absolute Gasteiger partial charge is 0.222 e. The molecule has 0 unspecified atom stereocenters. The summed E-state index contributed by atoms with van der Waals surface area (Å²) in [7, 11) is 1.81. The second kappa shape index (κ2) is 9.66. The van der Waals surface area contributed by atoms with E-state index in [0.29, 0.717) is 19.4 Å². The number of halogens is 2. The van der Waals surface area contributed by atoms with Crippen molar-refractivity contribution in [2.75, 3.05) is 12.8 Å². The molecule has 0 aliphatic heterocycles. The van der Waals surface area contributed by atoms with Gasteiger partial charge in [0, 0.05) is 24.5 Å². The Labute approximate surface area is 147 Å². The highest BCUT2D eigenvalue weighted by Crippen LogP contribution is 2.14. The molecule has 122 valence electrons. The van der Waals surface area contributed by atoms with Crippen molar-refractivity contribution in [1.82, 2.24) is 9.88 Å². The molecule has 7 heteroatoms. The second-order valence-corrected chi connectivity index (χ2v) is 5.87. The number of carbonyl (C=O) groups excluding carboxylic acids is 1. The van der Waals surface area contributed by atoms with E-state index in [4.69, 9.17) is 5.73 Å². The van der Waals surface area contributed by atoms with Gasteiger partial charge >= 0.3 is 0 Å². The maximum Gasteiger partial charge on any atom is 0.222 e. The van der Waals surface area contributed by atoms with Crippen LogP contribution in [0.5, 0.6) is 0 Å². The summed E-state index contributed by atoms with van der Waals surface area (Å²) in [5, 5.41) is 3.02. The van der Waals surface area contributed by atoms with Gasteiger partial charge < -0.3 is 10.6 Å². The molecule has 0 atom stereocenters. The van der Waals surface area contributed by atoms with Crippen LogP contribution in [0.25, 0.3) is 0 Å². The largest absolute Gasteiger partial charge is 0.399 e. The third-order valence-electron chi connectivity index (χ3n) is 3.15. The van der Waals surface area contributed by atoms with Crippen molar-refractivity contribution in [2.45, 2.75) is 26.3 Å². The lowest BCUT2D eigenvalue weighted by Gasteiger charge is -2.16. The summed E-state index contributed by atoms with van der Waals surface area (Å²) in [6.45, 7) is 2.53. The minimum atomic E-state index is 0. The van der Waals surface area contributed by atoms with Gasteiger partial charge in [-0.3, -0.25) is 4.79 Å². The minimum absolute atomic E-state index is 0. The van der Waals surface area contributed by atoms with Crippen LogP contribution in [-0.2, 0) is 17.8 Å². The number of nitrogens with zero attached hydrogens (tertiary/aromatic N) is 2. The van der Waals surface area contributed by atoms with Gasteiger partial charge in [0.05, 0.1) is 17.2 Å². The molecule has 2 N–H and O–H groups in total. The zero-order valence-electron chi connectivity index (χ0n) is 12.6. The topological polar surface area (TPSA) is 59.2 Å². The Hall–Kier alpha value is -1.30. The monoisotopic (exact) mass is 361 g/mol. The zero-order valence-corrected chi connectivity index (χ0v) is 15.1. The van der Waals surface area contributed by atoms with Crippen LogP contribution in [0.4, 0.5) is 5.69 Å². The number of nitrogens with two attached hydrogens (primary N) is 1. The van der Waals surface area contributed by atoms with Gasteiger partial charge in [-0.1, -0.05) is 18.2 Å². The first-order chi connectivity index (χ1) is 9.56. The lowest BCUT2D eigenvalue weighted by atomic mass is 10.1.